The molecule has 3 rings (SSSR count). The zero-order valence-corrected chi connectivity index (χ0v) is 11.0. The highest BCUT2D eigenvalue weighted by molar-refractivity contribution is 8.00. The van der Waals surface area contributed by atoms with Gasteiger partial charge in [-0.25, -0.2) is 0 Å². The van der Waals surface area contributed by atoms with Crippen molar-refractivity contribution in [3.05, 3.63) is 53.1 Å². The summed E-state index contributed by atoms with van der Waals surface area (Å²) in [5, 5.41) is 0.372. The van der Waals surface area contributed by atoms with Crippen molar-refractivity contribution in [2.45, 2.75) is 10.1 Å². The fourth-order valence-corrected chi connectivity index (χ4v) is 3.51. The SMILES string of the molecule is NC(=O)C1Sc2ccc(Cl)cc2-c2ccccc21. The topological polar surface area (TPSA) is 43.1 Å². The smallest absolute Gasteiger partial charge is 0.235 e. The fourth-order valence-electron chi connectivity index (χ4n) is 2.19. The van der Waals surface area contributed by atoms with E-state index in [-0.39, 0.29) is 11.2 Å². The first-order chi connectivity index (χ1) is 8.66. The molecule has 1 amide bonds. The lowest BCUT2D eigenvalue weighted by atomic mass is 9.96. The van der Waals surface area contributed by atoms with Crippen LogP contribution in [0.4, 0.5) is 0 Å². The van der Waals surface area contributed by atoms with Crippen LogP contribution in [0, 0.1) is 0 Å². The van der Waals surface area contributed by atoms with E-state index in [9.17, 15) is 4.79 Å². The minimum atomic E-state index is -0.324. The Labute approximate surface area is 114 Å². The summed E-state index contributed by atoms with van der Waals surface area (Å²) >= 11 is 7.52. The van der Waals surface area contributed by atoms with E-state index in [1.807, 2.05) is 42.5 Å². The molecule has 1 heterocycles. The van der Waals surface area contributed by atoms with Gasteiger partial charge in [0.1, 0.15) is 5.25 Å². The van der Waals surface area contributed by atoms with E-state index in [0.717, 1.165) is 21.6 Å². The zero-order valence-electron chi connectivity index (χ0n) is 9.39. The third-order valence-corrected chi connectivity index (χ3v) is 4.55. The van der Waals surface area contributed by atoms with Crippen LogP contribution < -0.4 is 5.73 Å². The highest BCUT2D eigenvalue weighted by Gasteiger charge is 2.28. The molecule has 18 heavy (non-hydrogen) atoms. The molecule has 4 heteroatoms. The molecule has 1 unspecified atom stereocenters. The molecule has 0 aliphatic carbocycles. The predicted molar refractivity (Wildman–Crippen MR) is 74.7 cm³/mol. The number of hydrogen-bond acceptors (Lipinski definition) is 2. The Morgan fingerprint density at radius 2 is 1.94 bits per heavy atom. The van der Waals surface area contributed by atoms with Gasteiger partial charge < -0.3 is 5.73 Å². The van der Waals surface area contributed by atoms with Gasteiger partial charge in [-0.1, -0.05) is 35.9 Å². The predicted octanol–water partition coefficient (Wildman–Crippen LogP) is 3.64. The maximum atomic E-state index is 11.6. The van der Waals surface area contributed by atoms with E-state index in [0.29, 0.717) is 5.02 Å². The number of amides is 1. The molecule has 90 valence electrons. The van der Waals surface area contributed by atoms with Crippen molar-refractivity contribution in [3.63, 3.8) is 0 Å². The lowest BCUT2D eigenvalue weighted by Crippen LogP contribution is -2.21. The van der Waals surface area contributed by atoms with Gasteiger partial charge in [-0.2, -0.15) is 0 Å². The summed E-state index contributed by atoms with van der Waals surface area (Å²) in [6.07, 6.45) is 0. The van der Waals surface area contributed by atoms with Gasteiger partial charge in [0.05, 0.1) is 0 Å². The summed E-state index contributed by atoms with van der Waals surface area (Å²) in [6, 6.07) is 13.5. The third-order valence-electron chi connectivity index (χ3n) is 2.98. The molecule has 0 saturated heterocycles. The number of hydrogen-bond donors (Lipinski definition) is 1. The lowest BCUT2D eigenvalue weighted by Gasteiger charge is -2.25. The molecule has 0 aromatic heterocycles. The molecule has 1 aliphatic heterocycles. The second kappa shape index (κ2) is 4.34. The van der Waals surface area contributed by atoms with Crippen molar-refractivity contribution in [1.82, 2.24) is 0 Å². The first-order valence-corrected chi connectivity index (χ1v) is 6.77. The molecule has 0 fully saturated rings. The van der Waals surface area contributed by atoms with Gasteiger partial charge in [-0.05, 0) is 34.9 Å². The van der Waals surface area contributed by atoms with Crippen LogP contribution in [0.1, 0.15) is 10.8 Å². The Morgan fingerprint density at radius 3 is 2.72 bits per heavy atom. The summed E-state index contributed by atoms with van der Waals surface area (Å²) in [7, 11) is 0. The molecule has 2 N–H and O–H groups in total. The second-order valence-electron chi connectivity index (χ2n) is 4.13. The van der Waals surface area contributed by atoms with Crippen molar-refractivity contribution in [3.8, 4) is 11.1 Å². The molecule has 2 nitrogen and oxygen atoms in total. The van der Waals surface area contributed by atoms with E-state index < -0.39 is 0 Å². The van der Waals surface area contributed by atoms with Gasteiger partial charge in [0.25, 0.3) is 0 Å². The fraction of sp³-hybridized carbons (Fsp3) is 0.0714. The van der Waals surface area contributed by atoms with E-state index in [1.165, 1.54) is 11.8 Å². The van der Waals surface area contributed by atoms with Crippen LogP contribution in [0.15, 0.2) is 47.4 Å². The zero-order chi connectivity index (χ0) is 12.7. The number of halogens is 1. The number of fused-ring (bicyclic) bond motifs is 3. The molecular weight excluding hydrogens is 266 g/mol. The summed E-state index contributed by atoms with van der Waals surface area (Å²) in [5.41, 5.74) is 8.56. The Morgan fingerprint density at radius 1 is 1.17 bits per heavy atom. The average Bonchev–Trinajstić information content (AvgIpc) is 2.37. The van der Waals surface area contributed by atoms with Crippen LogP contribution >= 0.6 is 23.4 Å². The van der Waals surface area contributed by atoms with Crippen LogP contribution in [0.2, 0.25) is 5.02 Å². The number of thioether (sulfide) groups is 1. The molecule has 2 aromatic carbocycles. The van der Waals surface area contributed by atoms with Gasteiger partial charge in [0.15, 0.2) is 0 Å². The summed E-state index contributed by atoms with van der Waals surface area (Å²) < 4.78 is 0. The van der Waals surface area contributed by atoms with Crippen LogP contribution in [0.25, 0.3) is 11.1 Å². The molecule has 0 saturated carbocycles. The monoisotopic (exact) mass is 275 g/mol. The molecule has 0 spiro atoms. The van der Waals surface area contributed by atoms with Gasteiger partial charge in [0.2, 0.25) is 5.91 Å². The van der Waals surface area contributed by atoms with Crippen LogP contribution in [-0.4, -0.2) is 5.91 Å². The molecular formula is C14H10ClNOS. The average molecular weight is 276 g/mol. The van der Waals surface area contributed by atoms with Crippen LogP contribution in [0.5, 0.6) is 0 Å². The Bertz CT molecular complexity index is 641. The standard InChI is InChI=1S/C14H10ClNOS/c15-8-5-6-12-11(7-8)9-3-1-2-4-10(9)13(18-12)14(16)17/h1-7,13H,(H2,16,17). The van der Waals surface area contributed by atoms with Crippen LogP contribution in [0.3, 0.4) is 0 Å². The quantitative estimate of drug-likeness (QED) is 0.863. The molecule has 2 aromatic rings. The number of benzene rings is 2. The molecule has 1 atom stereocenters. The van der Waals surface area contributed by atoms with Crippen molar-refractivity contribution in [1.29, 1.82) is 0 Å². The molecule has 0 radical (unpaired) electrons. The summed E-state index contributed by atoms with van der Waals surface area (Å²) in [4.78, 5) is 12.6. The second-order valence-corrected chi connectivity index (χ2v) is 5.71. The summed E-state index contributed by atoms with van der Waals surface area (Å²) in [5.74, 6) is -0.312. The highest BCUT2D eigenvalue weighted by atomic mass is 35.5. The van der Waals surface area contributed by atoms with Crippen molar-refractivity contribution in [2.24, 2.45) is 5.73 Å². The van der Waals surface area contributed by atoms with Gasteiger partial charge in [-0.3, -0.25) is 4.79 Å². The van der Waals surface area contributed by atoms with Crippen molar-refractivity contribution < 1.29 is 4.79 Å². The largest absolute Gasteiger partial charge is 0.368 e. The molecule has 1 aliphatic rings. The minimum absolute atomic E-state index is 0.312. The minimum Gasteiger partial charge on any atom is -0.368 e. The number of rotatable bonds is 1. The number of carbonyl (C=O) groups excluding carboxylic acids is 1. The maximum Gasteiger partial charge on any atom is 0.235 e. The van der Waals surface area contributed by atoms with Gasteiger partial charge >= 0.3 is 0 Å². The van der Waals surface area contributed by atoms with E-state index in [1.54, 1.807) is 0 Å². The van der Waals surface area contributed by atoms with E-state index in [4.69, 9.17) is 17.3 Å². The Hall–Kier alpha value is -1.45. The number of primary amides is 1. The first-order valence-electron chi connectivity index (χ1n) is 5.51. The van der Waals surface area contributed by atoms with Crippen molar-refractivity contribution in [2.75, 3.05) is 0 Å². The van der Waals surface area contributed by atoms with E-state index >= 15 is 0 Å². The number of nitrogens with two attached hydrogens (primary N) is 1. The maximum absolute atomic E-state index is 11.6. The van der Waals surface area contributed by atoms with Crippen LogP contribution in [-0.2, 0) is 4.79 Å². The van der Waals surface area contributed by atoms with Gasteiger partial charge in [0, 0.05) is 9.92 Å². The molecule has 0 bridgehead atoms. The lowest BCUT2D eigenvalue weighted by molar-refractivity contribution is -0.117. The van der Waals surface area contributed by atoms with E-state index in [2.05, 4.69) is 0 Å². The summed E-state index contributed by atoms with van der Waals surface area (Å²) in [6.45, 7) is 0. The highest BCUT2D eigenvalue weighted by Crippen LogP contribution is 2.49. The third kappa shape index (κ3) is 1.80. The van der Waals surface area contributed by atoms with Crippen molar-refractivity contribution >= 4 is 29.3 Å². The number of carbonyl (C=O) groups is 1. The normalized spacial score (nSPS) is 16.8. The Balaban J connectivity index is 2.26. The Kier molecular flexibility index (Phi) is 2.80. The first kappa shape index (κ1) is 11.6. The van der Waals surface area contributed by atoms with Gasteiger partial charge in [-0.15, -0.1) is 11.8 Å².